The predicted octanol–water partition coefficient (Wildman–Crippen LogP) is 3.84. The van der Waals surface area contributed by atoms with Gasteiger partial charge in [-0.05, 0) is 44.3 Å². The molecule has 0 aliphatic carbocycles. The van der Waals surface area contributed by atoms with Crippen molar-refractivity contribution in [2.45, 2.75) is 22.6 Å². The van der Waals surface area contributed by atoms with Crippen LogP contribution < -0.4 is 4.90 Å². The molecule has 2 aliphatic heterocycles. The number of carbonyl (C=O) groups is 1. The molecular weight excluding hydrogens is 342 g/mol. The fraction of sp³-hybridized carbons (Fsp3) is 0.381. The van der Waals surface area contributed by atoms with Crippen molar-refractivity contribution in [3.05, 3.63) is 48.5 Å². The first-order chi connectivity index (χ1) is 12.7. The Hall–Kier alpha value is -1.98. The third-order valence-corrected chi connectivity index (χ3v) is 6.28. The molecule has 4 nitrogen and oxygen atoms in total. The number of carbonyl (C=O) groups excluding carboxylic acids is 1. The first-order valence-corrected chi connectivity index (χ1v) is 10.1. The molecule has 136 valence electrons. The number of anilines is 2. The number of para-hydroxylation sites is 2. The smallest absolute Gasteiger partial charge is 0.224 e. The molecule has 0 unspecified atom stereocenters. The summed E-state index contributed by atoms with van der Waals surface area (Å²) in [5.41, 5.74) is 2.42. The number of rotatable bonds is 3. The highest BCUT2D eigenvalue weighted by Crippen LogP contribution is 2.47. The number of nitrogens with zero attached hydrogens (tertiary/aromatic N) is 3. The van der Waals surface area contributed by atoms with Crippen molar-refractivity contribution in [2.24, 2.45) is 0 Å². The highest BCUT2D eigenvalue weighted by molar-refractivity contribution is 7.99. The molecule has 5 heteroatoms. The van der Waals surface area contributed by atoms with Crippen LogP contribution in [-0.2, 0) is 4.79 Å². The van der Waals surface area contributed by atoms with Crippen LogP contribution >= 0.6 is 11.8 Å². The number of benzene rings is 2. The van der Waals surface area contributed by atoms with Gasteiger partial charge in [0.2, 0.25) is 5.91 Å². The van der Waals surface area contributed by atoms with Gasteiger partial charge in [0.1, 0.15) is 0 Å². The van der Waals surface area contributed by atoms with Gasteiger partial charge in [0.05, 0.1) is 11.4 Å². The first kappa shape index (κ1) is 17.4. The van der Waals surface area contributed by atoms with E-state index in [1.54, 1.807) is 0 Å². The molecule has 0 radical (unpaired) electrons. The van der Waals surface area contributed by atoms with E-state index in [0.717, 1.165) is 39.1 Å². The summed E-state index contributed by atoms with van der Waals surface area (Å²) < 4.78 is 0. The average molecular weight is 368 g/mol. The van der Waals surface area contributed by atoms with Crippen LogP contribution in [0.25, 0.3) is 0 Å². The second kappa shape index (κ2) is 7.72. The van der Waals surface area contributed by atoms with Crippen LogP contribution in [0.2, 0.25) is 0 Å². The Balaban J connectivity index is 1.50. The third-order valence-electron chi connectivity index (χ3n) is 5.15. The molecular formula is C21H25N3OS. The predicted molar refractivity (Wildman–Crippen MR) is 107 cm³/mol. The van der Waals surface area contributed by atoms with Crippen LogP contribution in [0.1, 0.15) is 12.8 Å². The fourth-order valence-electron chi connectivity index (χ4n) is 3.68. The molecule has 0 aromatic heterocycles. The summed E-state index contributed by atoms with van der Waals surface area (Å²) in [5.74, 6) is 0.272. The van der Waals surface area contributed by atoms with Gasteiger partial charge in [0.25, 0.3) is 0 Å². The number of hydrogen-bond donors (Lipinski definition) is 0. The largest absolute Gasteiger partial charge is 0.341 e. The summed E-state index contributed by atoms with van der Waals surface area (Å²) in [6.07, 6.45) is 1.62. The Kier molecular flexibility index (Phi) is 5.18. The van der Waals surface area contributed by atoms with Gasteiger partial charge in [-0.1, -0.05) is 36.0 Å². The van der Waals surface area contributed by atoms with Gasteiger partial charge in [-0.2, -0.15) is 0 Å². The number of likely N-dealkylation sites (N-methyl/N-ethyl adjacent to an activating group) is 1. The van der Waals surface area contributed by atoms with E-state index in [-0.39, 0.29) is 5.91 Å². The Morgan fingerprint density at radius 3 is 2.27 bits per heavy atom. The Bertz CT molecular complexity index is 749. The molecule has 0 spiro atoms. The van der Waals surface area contributed by atoms with Gasteiger partial charge >= 0.3 is 0 Å². The maximum Gasteiger partial charge on any atom is 0.224 e. The number of hydrogen-bond acceptors (Lipinski definition) is 4. The van der Waals surface area contributed by atoms with Crippen LogP contribution in [0.15, 0.2) is 58.3 Å². The second-order valence-corrected chi connectivity index (χ2v) is 8.06. The zero-order valence-corrected chi connectivity index (χ0v) is 16.0. The van der Waals surface area contributed by atoms with Gasteiger partial charge in [-0.3, -0.25) is 4.79 Å². The van der Waals surface area contributed by atoms with E-state index in [1.165, 1.54) is 21.2 Å². The molecule has 4 rings (SSSR count). The van der Waals surface area contributed by atoms with Gasteiger partial charge in [0, 0.05) is 42.4 Å². The SMILES string of the molecule is CN1CCCN(C(=O)CCN2c3ccccc3Sc3ccccc32)CC1. The van der Waals surface area contributed by atoms with Gasteiger partial charge in [-0.25, -0.2) is 0 Å². The summed E-state index contributed by atoms with van der Waals surface area (Å²) in [4.78, 5) is 22.0. The summed E-state index contributed by atoms with van der Waals surface area (Å²) >= 11 is 1.81. The van der Waals surface area contributed by atoms with E-state index < -0.39 is 0 Å². The molecule has 2 aromatic rings. The molecule has 1 amide bonds. The van der Waals surface area contributed by atoms with Crippen molar-refractivity contribution in [1.29, 1.82) is 0 Å². The molecule has 0 bridgehead atoms. The van der Waals surface area contributed by atoms with Crippen molar-refractivity contribution < 1.29 is 4.79 Å². The molecule has 1 fully saturated rings. The Morgan fingerprint density at radius 2 is 1.58 bits per heavy atom. The van der Waals surface area contributed by atoms with E-state index in [1.807, 2.05) is 16.7 Å². The molecule has 0 N–H and O–H groups in total. The van der Waals surface area contributed by atoms with Gasteiger partial charge < -0.3 is 14.7 Å². The van der Waals surface area contributed by atoms with Crippen LogP contribution in [0, 0.1) is 0 Å². The number of amides is 1. The van der Waals surface area contributed by atoms with Crippen LogP contribution in [-0.4, -0.2) is 55.5 Å². The zero-order valence-electron chi connectivity index (χ0n) is 15.2. The first-order valence-electron chi connectivity index (χ1n) is 9.32. The minimum Gasteiger partial charge on any atom is -0.341 e. The molecule has 0 atom stereocenters. The molecule has 2 aromatic carbocycles. The van der Waals surface area contributed by atoms with Crippen molar-refractivity contribution in [2.75, 3.05) is 44.7 Å². The molecule has 0 saturated carbocycles. The van der Waals surface area contributed by atoms with Gasteiger partial charge in [-0.15, -0.1) is 0 Å². The second-order valence-electron chi connectivity index (χ2n) is 6.98. The quantitative estimate of drug-likeness (QED) is 0.823. The fourth-order valence-corrected chi connectivity index (χ4v) is 4.78. The standard InChI is InChI=1S/C21H25N3OS/c1-22-12-6-13-23(16-15-22)21(25)11-14-24-17-7-2-4-9-19(17)26-20-10-5-3-8-18(20)24/h2-5,7-10H,6,11-16H2,1H3. The zero-order chi connectivity index (χ0) is 17.9. The van der Waals surface area contributed by atoms with E-state index in [9.17, 15) is 4.79 Å². The maximum atomic E-state index is 12.8. The van der Waals surface area contributed by atoms with Crippen LogP contribution in [0.4, 0.5) is 11.4 Å². The topological polar surface area (TPSA) is 26.8 Å². The lowest BCUT2D eigenvalue weighted by Gasteiger charge is -2.33. The Labute approximate surface area is 159 Å². The van der Waals surface area contributed by atoms with Crippen LogP contribution in [0.5, 0.6) is 0 Å². The summed E-state index contributed by atoms with van der Waals surface area (Å²) in [5, 5.41) is 0. The van der Waals surface area contributed by atoms with Crippen molar-refractivity contribution in [3.63, 3.8) is 0 Å². The van der Waals surface area contributed by atoms with Crippen molar-refractivity contribution >= 4 is 29.0 Å². The highest BCUT2D eigenvalue weighted by Gasteiger charge is 2.24. The molecule has 2 heterocycles. The average Bonchev–Trinajstić information content (AvgIpc) is 2.89. The summed E-state index contributed by atoms with van der Waals surface area (Å²) in [6.45, 7) is 4.50. The van der Waals surface area contributed by atoms with E-state index >= 15 is 0 Å². The van der Waals surface area contributed by atoms with Crippen molar-refractivity contribution in [3.8, 4) is 0 Å². The minimum atomic E-state index is 0.272. The number of fused-ring (bicyclic) bond motifs is 2. The Morgan fingerprint density at radius 1 is 0.923 bits per heavy atom. The van der Waals surface area contributed by atoms with Crippen LogP contribution in [0.3, 0.4) is 0 Å². The minimum absolute atomic E-state index is 0.272. The van der Waals surface area contributed by atoms with E-state index in [0.29, 0.717) is 6.42 Å². The molecule has 1 saturated heterocycles. The van der Waals surface area contributed by atoms with E-state index in [2.05, 4.69) is 65.4 Å². The lowest BCUT2D eigenvalue weighted by Crippen LogP contribution is -2.36. The monoisotopic (exact) mass is 367 g/mol. The summed E-state index contributed by atoms with van der Waals surface area (Å²) in [7, 11) is 2.13. The molecule has 26 heavy (non-hydrogen) atoms. The molecule has 2 aliphatic rings. The normalized spacial score (nSPS) is 17.4. The van der Waals surface area contributed by atoms with Gasteiger partial charge in [0.15, 0.2) is 0 Å². The lowest BCUT2D eigenvalue weighted by molar-refractivity contribution is -0.130. The summed E-state index contributed by atoms with van der Waals surface area (Å²) in [6, 6.07) is 16.9. The maximum absolute atomic E-state index is 12.8. The van der Waals surface area contributed by atoms with Crippen molar-refractivity contribution in [1.82, 2.24) is 9.80 Å². The van der Waals surface area contributed by atoms with E-state index in [4.69, 9.17) is 0 Å². The lowest BCUT2D eigenvalue weighted by atomic mass is 10.2. The third kappa shape index (κ3) is 3.60. The highest BCUT2D eigenvalue weighted by atomic mass is 32.2.